The molecule has 3 rings (SSSR count). The molecule has 20 heavy (non-hydrogen) atoms. The van der Waals surface area contributed by atoms with Gasteiger partial charge in [0, 0.05) is 34.7 Å². The van der Waals surface area contributed by atoms with E-state index in [-0.39, 0.29) is 0 Å². The normalized spacial score (nSPS) is 13.1. The number of hydrogen-bond donors (Lipinski definition) is 0. The Bertz CT molecular complexity index is 800. The van der Waals surface area contributed by atoms with Crippen LogP contribution in [0.15, 0.2) is 30.5 Å². The number of nitrogens with zero attached hydrogens (tertiary/aromatic N) is 3. The van der Waals surface area contributed by atoms with E-state index in [9.17, 15) is 4.21 Å². The highest BCUT2D eigenvalue weighted by Gasteiger charge is 2.13. The molecule has 0 aliphatic carbocycles. The Hall–Kier alpha value is -1.46. The SMILES string of the molecule is CS(=O)CCn1c(CCl)nc2cnc3ccccc3c21. The summed E-state index contributed by atoms with van der Waals surface area (Å²) in [6.07, 6.45) is 3.48. The molecule has 0 N–H and O–H groups in total. The third-order valence-electron chi connectivity index (χ3n) is 3.28. The van der Waals surface area contributed by atoms with Crippen LogP contribution in [0.1, 0.15) is 5.82 Å². The van der Waals surface area contributed by atoms with Crippen LogP contribution in [0, 0.1) is 0 Å². The standard InChI is InChI=1S/C14H14ClN3OS/c1-20(19)7-6-18-13(8-15)17-12-9-16-11-5-3-2-4-10(11)14(12)18/h2-5,9H,6-8H2,1H3. The molecule has 0 radical (unpaired) electrons. The molecule has 0 amide bonds. The second kappa shape index (κ2) is 5.50. The summed E-state index contributed by atoms with van der Waals surface area (Å²) in [6.45, 7) is 0.648. The van der Waals surface area contributed by atoms with Gasteiger partial charge in [-0.15, -0.1) is 11.6 Å². The lowest BCUT2D eigenvalue weighted by Crippen LogP contribution is -2.09. The highest BCUT2D eigenvalue weighted by atomic mass is 35.5. The highest BCUT2D eigenvalue weighted by molar-refractivity contribution is 7.84. The first-order chi connectivity index (χ1) is 9.70. The van der Waals surface area contributed by atoms with E-state index in [2.05, 4.69) is 14.5 Å². The molecule has 4 nitrogen and oxygen atoms in total. The molecular formula is C14H14ClN3OS. The van der Waals surface area contributed by atoms with Crippen LogP contribution in [0.4, 0.5) is 0 Å². The first-order valence-corrected chi connectivity index (χ1v) is 8.55. The van der Waals surface area contributed by atoms with E-state index in [1.54, 1.807) is 12.5 Å². The molecule has 0 bridgehead atoms. The van der Waals surface area contributed by atoms with Gasteiger partial charge in [-0.25, -0.2) is 4.98 Å². The molecule has 2 heterocycles. The van der Waals surface area contributed by atoms with Crippen molar-refractivity contribution in [1.29, 1.82) is 0 Å². The van der Waals surface area contributed by atoms with Gasteiger partial charge in [-0.2, -0.15) is 0 Å². The molecule has 0 aliphatic rings. The molecular weight excluding hydrogens is 294 g/mol. The Morgan fingerprint density at radius 3 is 2.85 bits per heavy atom. The summed E-state index contributed by atoms with van der Waals surface area (Å²) in [5.74, 6) is 1.72. The highest BCUT2D eigenvalue weighted by Crippen LogP contribution is 2.25. The maximum Gasteiger partial charge on any atom is 0.124 e. The number of hydrogen-bond acceptors (Lipinski definition) is 3. The number of aromatic nitrogens is 3. The van der Waals surface area contributed by atoms with E-state index in [1.165, 1.54) is 0 Å². The number of fused-ring (bicyclic) bond motifs is 3. The number of imidazole rings is 1. The number of pyridine rings is 1. The Balaban J connectivity index is 2.28. The summed E-state index contributed by atoms with van der Waals surface area (Å²) in [7, 11) is -0.844. The topological polar surface area (TPSA) is 47.8 Å². The lowest BCUT2D eigenvalue weighted by atomic mass is 10.2. The fourth-order valence-corrected chi connectivity index (χ4v) is 3.02. The lowest BCUT2D eigenvalue weighted by molar-refractivity contribution is 0.676. The van der Waals surface area contributed by atoms with Crippen LogP contribution in [0.5, 0.6) is 0 Å². The van der Waals surface area contributed by atoms with Gasteiger partial charge in [0.25, 0.3) is 0 Å². The van der Waals surface area contributed by atoms with Crippen molar-refractivity contribution in [3.05, 3.63) is 36.3 Å². The van der Waals surface area contributed by atoms with E-state index in [4.69, 9.17) is 11.6 Å². The molecule has 3 aromatic rings. The minimum atomic E-state index is -0.844. The fraction of sp³-hybridized carbons (Fsp3) is 0.286. The van der Waals surface area contributed by atoms with Crippen molar-refractivity contribution in [2.75, 3.05) is 12.0 Å². The van der Waals surface area contributed by atoms with Crippen molar-refractivity contribution >= 4 is 44.3 Å². The number of rotatable bonds is 4. The van der Waals surface area contributed by atoms with Gasteiger partial charge < -0.3 is 4.57 Å². The summed E-state index contributed by atoms with van der Waals surface area (Å²) < 4.78 is 13.4. The molecule has 6 heteroatoms. The molecule has 1 aromatic carbocycles. The van der Waals surface area contributed by atoms with E-state index in [0.717, 1.165) is 27.8 Å². The second-order valence-corrected chi connectivity index (χ2v) is 6.42. The zero-order valence-electron chi connectivity index (χ0n) is 11.0. The van der Waals surface area contributed by atoms with Gasteiger partial charge in [-0.05, 0) is 6.07 Å². The number of alkyl halides is 1. The van der Waals surface area contributed by atoms with Crippen molar-refractivity contribution in [2.24, 2.45) is 0 Å². The fourth-order valence-electron chi connectivity index (χ4n) is 2.37. The first-order valence-electron chi connectivity index (χ1n) is 6.29. The van der Waals surface area contributed by atoms with Crippen molar-refractivity contribution in [1.82, 2.24) is 14.5 Å². The van der Waals surface area contributed by atoms with Crippen LogP contribution in [-0.2, 0) is 23.2 Å². The minimum absolute atomic E-state index is 0.333. The molecule has 0 fully saturated rings. The average Bonchev–Trinajstić information content (AvgIpc) is 2.83. The molecule has 1 atom stereocenters. The summed E-state index contributed by atoms with van der Waals surface area (Å²) in [6, 6.07) is 7.96. The molecule has 104 valence electrons. The Kier molecular flexibility index (Phi) is 3.72. The van der Waals surface area contributed by atoms with Crippen LogP contribution in [0.2, 0.25) is 0 Å². The smallest absolute Gasteiger partial charge is 0.124 e. The number of para-hydroxylation sites is 1. The molecule has 0 saturated heterocycles. The second-order valence-electron chi connectivity index (χ2n) is 4.60. The van der Waals surface area contributed by atoms with Crippen LogP contribution in [-0.4, -0.2) is 30.8 Å². The van der Waals surface area contributed by atoms with Crippen molar-refractivity contribution < 1.29 is 4.21 Å². The summed E-state index contributed by atoms with van der Waals surface area (Å²) in [4.78, 5) is 8.94. The monoisotopic (exact) mass is 307 g/mol. The van der Waals surface area contributed by atoms with Crippen molar-refractivity contribution in [3.8, 4) is 0 Å². The molecule has 0 saturated carbocycles. The third-order valence-corrected chi connectivity index (χ3v) is 4.28. The average molecular weight is 308 g/mol. The zero-order chi connectivity index (χ0) is 14.1. The zero-order valence-corrected chi connectivity index (χ0v) is 12.6. The van der Waals surface area contributed by atoms with Crippen LogP contribution in [0.25, 0.3) is 21.9 Å². The van der Waals surface area contributed by atoms with Gasteiger partial charge in [-0.1, -0.05) is 18.2 Å². The molecule has 1 unspecified atom stereocenters. The van der Waals surface area contributed by atoms with E-state index in [1.807, 2.05) is 24.3 Å². The minimum Gasteiger partial charge on any atom is -0.325 e. The lowest BCUT2D eigenvalue weighted by Gasteiger charge is -2.08. The predicted octanol–water partition coefficient (Wildman–Crippen LogP) is 2.70. The van der Waals surface area contributed by atoms with Crippen LogP contribution >= 0.6 is 11.6 Å². The summed E-state index contributed by atoms with van der Waals surface area (Å²) in [5, 5.41) is 1.05. The number of halogens is 1. The van der Waals surface area contributed by atoms with Crippen LogP contribution < -0.4 is 0 Å². The number of aryl methyl sites for hydroxylation is 1. The quantitative estimate of drug-likeness (QED) is 0.696. The Labute approximate surface area is 124 Å². The maximum atomic E-state index is 11.4. The van der Waals surface area contributed by atoms with Crippen LogP contribution in [0.3, 0.4) is 0 Å². The number of benzene rings is 1. The van der Waals surface area contributed by atoms with Gasteiger partial charge in [0.2, 0.25) is 0 Å². The van der Waals surface area contributed by atoms with E-state index in [0.29, 0.717) is 18.2 Å². The van der Waals surface area contributed by atoms with Gasteiger partial charge >= 0.3 is 0 Å². The third kappa shape index (κ3) is 2.31. The van der Waals surface area contributed by atoms with Crippen molar-refractivity contribution in [2.45, 2.75) is 12.4 Å². The Morgan fingerprint density at radius 2 is 2.10 bits per heavy atom. The Morgan fingerprint density at radius 1 is 1.30 bits per heavy atom. The summed E-state index contributed by atoms with van der Waals surface area (Å²) in [5.41, 5.74) is 2.79. The van der Waals surface area contributed by atoms with Gasteiger partial charge in [0.15, 0.2) is 0 Å². The van der Waals surface area contributed by atoms with Gasteiger partial charge in [-0.3, -0.25) is 9.19 Å². The predicted molar refractivity (Wildman–Crippen MR) is 83.5 cm³/mol. The van der Waals surface area contributed by atoms with E-state index >= 15 is 0 Å². The molecule has 0 spiro atoms. The summed E-state index contributed by atoms with van der Waals surface area (Å²) >= 11 is 5.99. The largest absolute Gasteiger partial charge is 0.325 e. The van der Waals surface area contributed by atoms with Crippen molar-refractivity contribution in [3.63, 3.8) is 0 Å². The van der Waals surface area contributed by atoms with Gasteiger partial charge in [0.05, 0.1) is 23.1 Å². The first kappa shape index (κ1) is 13.5. The molecule has 0 aliphatic heterocycles. The maximum absolute atomic E-state index is 11.4. The van der Waals surface area contributed by atoms with E-state index < -0.39 is 10.8 Å². The molecule has 2 aromatic heterocycles. The van der Waals surface area contributed by atoms with Gasteiger partial charge in [0.1, 0.15) is 11.3 Å².